The van der Waals surface area contributed by atoms with E-state index in [4.69, 9.17) is 19.7 Å². The number of ether oxygens (including phenoxy) is 1. The summed E-state index contributed by atoms with van der Waals surface area (Å²) in [6.45, 7) is 0. The van der Waals surface area contributed by atoms with Crippen LogP contribution in [0.4, 0.5) is 0 Å². The summed E-state index contributed by atoms with van der Waals surface area (Å²) in [5, 5.41) is 1.22. The van der Waals surface area contributed by atoms with Crippen LogP contribution in [-0.4, -0.2) is 19.5 Å². The van der Waals surface area contributed by atoms with E-state index < -0.39 is 0 Å². The van der Waals surface area contributed by atoms with Gasteiger partial charge >= 0.3 is 0 Å². The molecule has 292 valence electrons. The average molecular weight is 795 g/mol. The molecular formula is C57H38N4O. The first-order chi connectivity index (χ1) is 30.7. The highest BCUT2D eigenvalue weighted by atomic mass is 16.5. The number of benzene rings is 8. The number of para-hydroxylation sites is 2. The van der Waals surface area contributed by atoms with E-state index in [0.29, 0.717) is 17.5 Å². The van der Waals surface area contributed by atoms with Gasteiger partial charge in [-0.3, -0.25) is 0 Å². The summed E-state index contributed by atoms with van der Waals surface area (Å²) in [5.41, 5.74) is 15.5. The Kier molecular flexibility index (Phi) is 8.56. The Morgan fingerprint density at radius 3 is 1.61 bits per heavy atom. The topological polar surface area (TPSA) is 52.8 Å². The molecule has 0 radical (unpaired) electrons. The smallest absolute Gasteiger partial charge is 0.164 e. The molecule has 0 amide bonds. The summed E-state index contributed by atoms with van der Waals surface area (Å²) in [6, 6.07) is 72.1. The van der Waals surface area contributed by atoms with Gasteiger partial charge in [0.05, 0.1) is 11.2 Å². The highest BCUT2D eigenvalue weighted by Crippen LogP contribution is 2.55. The molecule has 2 atom stereocenters. The van der Waals surface area contributed by atoms with Crippen molar-refractivity contribution in [2.24, 2.45) is 0 Å². The molecule has 10 aromatic rings. The molecule has 62 heavy (non-hydrogen) atoms. The highest BCUT2D eigenvalue weighted by Gasteiger charge is 2.41. The minimum absolute atomic E-state index is 0.0667. The van der Waals surface area contributed by atoms with Crippen LogP contribution in [0, 0.1) is 0 Å². The third-order valence-electron chi connectivity index (χ3n) is 12.3. The van der Waals surface area contributed by atoms with E-state index in [0.717, 1.165) is 55.9 Å². The predicted octanol–water partition coefficient (Wildman–Crippen LogP) is 14.1. The lowest BCUT2D eigenvalue weighted by atomic mass is 9.82. The third kappa shape index (κ3) is 6.13. The van der Waals surface area contributed by atoms with E-state index in [-0.39, 0.29) is 12.0 Å². The zero-order chi connectivity index (χ0) is 41.0. The predicted molar refractivity (Wildman–Crippen MR) is 251 cm³/mol. The quantitative estimate of drug-likeness (QED) is 0.161. The molecule has 2 unspecified atom stereocenters. The summed E-state index contributed by atoms with van der Waals surface area (Å²) in [5.74, 6) is 2.86. The van der Waals surface area contributed by atoms with Gasteiger partial charge in [-0.1, -0.05) is 182 Å². The van der Waals surface area contributed by atoms with Crippen LogP contribution in [0.5, 0.6) is 5.75 Å². The number of rotatable bonds is 7. The second-order valence-electron chi connectivity index (χ2n) is 15.9. The van der Waals surface area contributed by atoms with Gasteiger partial charge < -0.3 is 9.30 Å². The molecule has 5 heteroatoms. The minimum Gasteiger partial charge on any atom is -0.484 e. The molecule has 2 aliphatic rings. The van der Waals surface area contributed by atoms with Crippen molar-refractivity contribution >= 4 is 17.0 Å². The summed E-state index contributed by atoms with van der Waals surface area (Å²) < 4.78 is 9.30. The van der Waals surface area contributed by atoms with Crippen LogP contribution in [0.25, 0.3) is 90.2 Å². The third-order valence-corrected chi connectivity index (χ3v) is 12.3. The largest absolute Gasteiger partial charge is 0.484 e. The number of fused-ring (bicyclic) bond motifs is 7. The summed E-state index contributed by atoms with van der Waals surface area (Å²) >= 11 is 0. The van der Waals surface area contributed by atoms with Gasteiger partial charge in [0.15, 0.2) is 17.5 Å². The first-order valence-electron chi connectivity index (χ1n) is 21.1. The zero-order valence-electron chi connectivity index (χ0n) is 33.6. The molecule has 2 aromatic heterocycles. The number of nitrogens with zero attached hydrogens (tertiary/aromatic N) is 4. The van der Waals surface area contributed by atoms with E-state index >= 15 is 0 Å². The lowest BCUT2D eigenvalue weighted by molar-refractivity contribution is 0.224. The summed E-state index contributed by atoms with van der Waals surface area (Å²) in [7, 11) is 0. The standard InChI is InChI=1S/C57H38N4O/c1-4-14-37(15-5-1)39-26-30-41(31-27-39)55-58-56(60-57(59-55)44-19-12-18-43(36-44)38-16-6-2-7-17-38)42-32-28-40(29-33-42)46-23-13-25-51-52(46)48-34-35-50-53(54(48)62-51)47-22-10-11-24-49(47)61(50)45-20-8-3-9-21-45/h1-36,48,54H. The van der Waals surface area contributed by atoms with Crippen molar-refractivity contribution in [1.29, 1.82) is 0 Å². The maximum absolute atomic E-state index is 6.94. The molecule has 0 spiro atoms. The van der Waals surface area contributed by atoms with Crippen LogP contribution in [0.15, 0.2) is 212 Å². The van der Waals surface area contributed by atoms with Crippen molar-refractivity contribution in [3.63, 3.8) is 0 Å². The second kappa shape index (κ2) is 14.8. The zero-order valence-corrected chi connectivity index (χ0v) is 33.6. The Morgan fingerprint density at radius 1 is 0.403 bits per heavy atom. The van der Waals surface area contributed by atoms with Crippen LogP contribution >= 0.6 is 0 Å². The molecule has 12 rings (SSSR count). The van der Waals surface area contributed by atoms with Crippen molar-refractivity contribution in [2.75, 3.05) is 0 Å². The molecule has 5 nitrogen and oxygen atoms in total. The van der Waals surface area contributed by atoms with Gasteiger partial charge in [0, 0.05) is 44.8 Å². The molecule has 8 aromatic carbocycles. The van der Waals surface area contributed by atoms with Crippen molar-refractivity contribution in [3.8, 4) is 79.0 Å². The van der Waals surface area contributed by atoms with Crippen LogP contribution in [0.3, 0.4) is 0 Å². The van der Waals surface area contributed by atoms with Gasteiger partial charge in [-0.25, -0.2) is 15.0 Å². The minimum atomic E-state index is -0.135. The molecule has 3 heterocycles. The van der Waals surface area contributed by atoms with Crippen molar-refractivity contribution in [2.45, 2.75) is 12.0 Å². The van der Waals surface area contributed by atoms with Gasteiger partial charge in [0.25, 0.3) is 0 Å². The molecule has 0 saturated carbocycles. The Balaban J connectivity index is 0.919. The Bertz CT molecular complexity index is 3300. The van der Waals surface area contributed by atoms with Crippen LogP contribution < -0.4 is 4.74 Å². The van der Waals surface area contributed by atoms with E-state index in [2.05, 4.69) is 211 Å². The van der Waals surface area contributed by atoms with E-state index in [1.807, 2.05) is 12.1 Å². The van der Waals surface area contributed by atoms with Crippen molar-refractivity contribution in [3.05, 3.63) is 229 Å². The SMILES string of the molecule is C1=CC2c3c(cccc3-c3ccc(-c4nc(-c5ccc(-c6ccccc6)cc5)nc(-c5cccc(-c6ccccc6)c5)n4)cc3)OC2c2c1n(-c1ccccc1)c1ccccc21. The van der Waals surface area contributed by atoms with Crippen LogP contribution in [0.2, 0.25) is 0 Å². The normalized spacial score (nSPS) is 14.8. The maximum atomic E-state index is 6.94. The van der Waals surface area contributed by atoms with Crippen LogP contribution in [-0.2, 0) is 0 Å². The second-order valence-corrected chi connectivity index (χ2v) is 15.9. The number of aromatic nitrogens is 4. The number of hydrogen-bond donors (Lipinski definition) is 0. The molecule has 1 aliphatic carbocycles. The van der Waals surface area contributed by atoms with Gasteiger partial charge in [-0.05, 0) is 69.8 Å². The van der Waals surface area contributed by atoms with Crippen LogP contribution in [0.1, 0.15) is 28.8 Å². The fourth-order valence-corrected chi connectivity index (χ4v) is 9.31. The van der Waals surface area contributed by atoms with Gasteiger partial charge in [-0.15, -0.1) is 0 Å². The van der Waals surface area contributed by atoms with Gasteiger partial charge in [-0.2, -0.15) is 0 Å². The van der Waals surface area contributed by atoms with Gasteiger partial charge in [0.1, 0.15) is 11.9 Å². The summed E-state index contributed by atoms with van der Waals surface area (Å²) in [4.78, 5) is 15.3. The monoisotopic (exact) mass is 794 g/mol. The first kappa shape index (κ1) is 35.8. The highest BCUT2D eigenvalue weighted by molar-refractivity contribution is 5.92. The molecule has 0 fully saturated rings. The lowest BCUT2D eigenvalue weighted by Gasteiger charge is -2.23. The fourth-order valence-electron chi connectivity index (χ4n) is 9.31. The fraction of sp³-hybridized carbons (Fsp3) is 0.0351. The summed E-state index contributed by atoms with van der Waals surface area (Å²) in [6.07, 6.45) is 4.49. The van der Waals surface area contributed by atoms with E-state index in [9.17, 15) is 0 Å². The molecule has 1 aliphatic heterocycles. The van der Waals surface area contributed by atoms with E-state index in [1.165, 1.54) is 33.3 Å². The molecule has 0 bridgehead atoms. The Hall–Kier alpha value is -8.15. The molecular weight excluding hydrogens is 757 g/mol. The van der Waals surface area contributed by atoms with Crippen molar-refractivity contribution < 1.29 is 4.74 Å². The average Bonchev–Trinajstić information content (AvgIpc) is 3.91. The molecule has 0 saturated heterocycles. The van der Waals surface area contributed by atoms with Crippen molar-refractivity contribution in [1.82, 2.24) is 19.5 Å². The molecule has 0 N–H and O–H groups in total. The lowest BCUT2D eigenvalue weighted by Crippen LogP contribution is -2.13. The Labute approximate surface area is 360 Å². The first-order valence-corrected chi connectivity index (χ1v) is 21.1. The van der Waals surface area contributed by atoms with E-state index in [1.54, 1.807) is 0 Å². The maximum Gasteiger partial charge on any atom is 0.164 e. The number of hydrogen-bond acceptors (Lipinski definition) is 4. The Morgan fingerprint density at radius 2 is 0.919 bits per heavy atom. The van der Waals surface area contributed by atoms with Gasteiger partial charge in [0.2, 0.25) is 0 Å².